The van der Waals surface area contributed by atoms with Crippen molar-refractivity contribution in [2.75, 3.05) is 0 Å². The molecule has 9 aromatic carbocycles. The fourth-order valence-electron chi connectivity index (χ4n) is 10.5. The Morgan fingerprint density at radius 1 is 0.417 bits per heavy atom. The van der Waals surface area contributed by atoms with Crippen LogP contribution in [0.4, 0.5) is 0 Å². The number of rotatable bonds is 7. The van der Waals surface area contributed by atoms with E-state index >= 15 is 0 Å². The summed E-state index contributed by atoms with van der Waals surface area (Å²) in [5, 5.41) is 5.24. The lowest BCUT2D eigenvalue weighted by atomic mass is 9.93. The smallest absolute Gasteiger partial charge is 0.0541 e. The zero-order valence-electron chi connectivity index (χ0n) is 43.7. The fraction of sp³-hybridized carbons (Fsp3) is 0.171. The highest BCUT2D eigenvalue weighted by Crippen LogP contribution is 2.36. The average Bonchev–Trinajstić information content (AvgIpc) is 4.11. The molecule has 0 radical (unpaired) electrons. The molecule has 2 heterocycles. The van der Waals surface area contributed by atoms with Crippen molar-refractivity contribution in [1.82, 2.24) is 9.13 Å². The van der Waals surface area contributed by atoms with Gasteiger partial charge in [-0.05, 0) is 164 Å². The topological polar surface area (TPSA) is 9.86 Å². The highest BCUT2D eigenvalue weighted by Gasteiger charge is 2.16. The molecular formula is C70H68N2. The summed E-state index contributed by atoms with van der Waals surface area (Å²) in [6.07, 6.45) is 6.62. The number of aryl methyl sites for hydroxylation is 5. The van der Waals surface area contributed by atoms with E-state index < -0.39 is 0 Å². The third-order valence-corrected chi connectivity index (χ3v) is 14.5. The Kier molecular flexibility index (Phi) is 15.0. The lowest BCUT2D eigenvalue weighted by Gasteiger charge is -2.16. The van der Waals surface area contributed by atoms with Gasteiger partial charge in [0.05, 0.1) is 22.1 Å². The van der Waals surface area contributed by atoms with Crippen LogP contribution in [0.1, 0.15) is 91.5 Å². The molecule has 0 saturated heterocycles. The molecule has 11 aromatic rings. The summed E-state index contributed by atoms with van der Waals surface area (Å²) in [5.41, 5.74) is 23.7. The molecule has 0 amide bonds. The third-order valence-electron chi connectivity index (χ3n) is 14.5. The van der Waals surface area contributed by atoms with Gasteiger partial charge in [0.25, 0.3) is 0 Å². The van der Waals surface area contributed by atoms with Gasteiger partial charge in [-0.3, -0.25) is 0 Å². The molecule has 2 heteroatoms. The van der Waals surface area contributed by atoms with Crippen LogP contribution in [0.5, 0.6) is 0 Å². The maximum atomic E-state index is 2.40. The van der Waals surface area contributed by atoms with Gasteiger partial charge in [-0.25, -0.2) is 0 Å². The van der Waals surface area contributed by atoms with Gasteiger partial charge in [-0.1, -0.05) is 197 Å². The van der Waals surface area contributed by atoms with Gasteiger partial charge in [0.1, 0.15) is 0 Å². The summed E-state index contributed by atoms with van der Waals surface area (Å²) in [6.45, 7) is 19.4. The van der Waals surface area contributed by atoms with E-state index in [2.05, 4.69) is 276 Å². The highest BCUT2D eigenvalue weighted by atomic mass is 15.0. The minimum atomic E-state index is 0.286. The Hall–Kier alpha value is -7.94. The molecule has 1 unspecified atom stereocenters. The quantitative estimate of drug-likeness (QED) is 0.151. The van der Waals surface area contributed by atoms with Gasteiger partial charge in [0, 0.05) is 38.8 Å². The van der Waals surface area contributed by atoms with Crippen LogP contribution in [0, 0.1) is 27.7 Å². The van der Waals surface area contributed by atoms with Crippen molar-refractivity contribution in [2.45, 2.75) is 81.1 Å². The van der Waals surface area contributed by atoms with E-state index in [1.165, 1.54) is 122 Å². The summed E-state index contributed by atoms with van der Waals surface area (Å²) in [6, 6.07) is 75.0. The number of allylic oxidation sites excluding steroid dienone is 4. The molecule has 0 spiro atoms. The lowest BCUT2D eigenvalue weighted by molar-refractivity contribution is 0.919. The van der Waals surface area contributed by atoms with E-state index in [1.807, 2.05) is 13.8 Å². The predicted molar refractivity (Wildman–Crippen MR) is 313 cm³/mol. The number of benzene rings is 9. The molecule has 0 fully saturated rings. The second-order valence-corrected chi connectivity index (χ2v) is 19.1. The molecular weight excluding hydrogens is 869 g/mol. The van der Waals surface area contributed by atoms with Crippen LogP contribution in [0.25, 0.3) is 71.7 Å². The van der Waals surface area contributed by atoms with E-state index in [-0.39, 0.29) is 5.92 Å². The summed E-state index contributed by atoms with van der Waals surface area (Å²) in [7, 11) is 0. The minimum absolute atomic E-state index is 0.286. The first-order valence-electron chi connectivity index (χ1n) is 25.9. The van der Waals surface area contributed by atoms with Crippen molar-refractivity contribution in [3.05, 3.63) is 268 Å². The van der Waals surface area contributed by atoms with Gasteiger partial charge in [-0.15, -0.1) is 0 Å². The molecule has 0 N–H and O–H groups in total. The largest absolute Gasteiger partial charge is 0.309 e. The third kappa shape index (κ3) is 9.88. The Bertz CT molecular complexity index is 3680. The molecule has 2 aromatic heterocycles. The summed E-state index contributed by atoms with van der Waals surface area (Å²) >= 11 is 0. The molecule has 1 aliphatic carbocycles. The minimum Gasteiger partial charge on any atom is -0.309 e. The fourth-order valence-corrected chi connectivity index (χ4v) is 10.5. The molecule has 358 valence electrons. The normalized spacial score (nSPS) is 12.3. The number of nitrogens with zero attached hydrogens (tertiary/aromatic N) is 2. The molecule has 12 rings (SSSR count). The Labute approximate surface area is 428 Å². The highest BCUT2D eigenvalue weighted by molar-refractivity contribution is 6.10. The van der Waals surface area contributed by atoms with Crippen LogP contribution in [-0.2, 0) is 6.42 Å². The van der Waals surface area contributed by atoms with Crippen LogP contribution in [0.2, 0.25) is 0 Å². The molecule has 1 aliphatic rings. The lowest BCUT2D eigenvalue weighted by Crippen LogP contribution is -1.99. The van der Waals surface area contributed by atoms with Crippen LogP contribution in [0.15, 0.2) is 224 Å². The van der Waals surface area contributed by atoms with Crippen molar-refractivity contribution < 1.29 is 0 Å². The molecule has 72 heavy (non-hydrogen) atoms. The monoisotopic (exact) mass is 937 g/mol. The van der Waals surface area contributed by atoms with Gasteiger partial charge in [0.15, 0.2) is 0 Å². The van der Waals surface area contributed by atoms with Crippen LogP contribution in [-0.4, -0.2) is 9.13 Å². The zero-order valence-corrected chi connectivity index (χ0v) is 43.7. The number of fused-ring (bicyclic) bond motifs is 6. The Morgan fingerprint density at radius 2 is 0.833 bits per heavy atom. The number of hydrogen-bond donors (Lipinski definition) is 0. The second kappa shape index (κ2) is 22.0. The Balaban J connectivity index is 0.000000179. The number of para-hydroxylation sites is 2. The average molecular weight is 937 g/mol. The molecule has 0 aliphatic heterocycles. The van der Waals surface area contributed by atoms with Crippen molar-refractivity contribution >= 4 is 49.2 Å². The molecule has 0 saturated carbocycles. The predicted octanol–water partition coefficient (Wildman–Crippen LogP) is 19.6. The number of aromatic nitrogens is 2. The zero-order chi connectivity index (χ0) is 50.3. The van der Waals surface area contributed by atoms with Crippen molar-refractivity contribution in [1.29, 1.82) is 0 Å². The first-order chi connectivity index (χ1) is 35.2. The summed E-state index contributed by atoms with van der Waals surface area (Å²) in [4.78, 5) is 0. The SMILES string of the molecule is CC.CC1=C(c2ccccc2C)C=CC1.CCc1ccc2c(c1)c1ccccc1n2-c1ccc(C(C)c2ccc(-n3c4ccccc4c4cc(C)ccc43)cc2)cc1.Cc1ccccc1-c1ccccc1C. The van der Waals surface area contributed by atoms with Gasteiger partial charge < -0.3 is 9.13 Å². The van der Waals surface area contributed by atoms with E-state index in [1.54, 1.807) is 0 Å². The maximum Gasteiger partial charge on any atom is 0.0541 e. The summed E-state index contributed by atoms with van der Waals surface area (Å²) < 4.78 is 4.79. The second-order valence-electron chi connectivity index (χ2n) is 19.1. The van der Waals surface area contributed by atoms with Crippen LogP contribution in [0.3, 0.4) is 0 Å². The molecule has 1 atom stereocenters. The molecule has 0 bridgehead atoms. The van der Waals surface area contributed by atoms with Gasteiger partial charge in [0.2, 0.25) is 0 Å². The number of hydrogen-bond acceptors (Lipinski definition) is 0. The summed E-state index contributed by atoms with van der Waals surface area (Å²) in [5.74, 6) is 0.286. The van der Waals surface area contributed by atoms with Gasteiger partial charge in [-0.2, -0.15) is 0 Å². The maximum absolute atomic E-state index is 2.40. The van der Waals surface area contributed by atoms with E-state index in [4.69, 9.17) is 0 Å². The van der Waals surface area contributed by atoms with Crippen LogP contribution < -0.4 is 0 Å². The van der Waals surface area contributed by atoms with Crippen molar-refractivity contribution in [3.63, 3.8) is 0 Å². The van der Waals surface area contributed by atoms with E-state index in [9.17, 15) is 0 Å². The standard InChI is InChI=1S/C41H34N2.C14H14.C13H14.C2H6/c1-4-29-14-24-41-37(26-29)35-10-6-8-12-39(35)43(41)33-21-17-31(18-22-33)28(3)30-15-19-32(20-16-30)42-38-11-7-5-9-34(38)36-25-27(2)13-23-40(36)42;1-11-7-3-5-9-13(11)14-10-6-4-8-12(14)2;1-10-6-3-4-8-12(10)13-9-5-7-11(13)2;1-2/h5-26,28H,4H2,1-3H3;3-10H,1-2H3;3-6,8-9H,7H2,1-2H3;1-2H3. The van der Waals surface area contributed by atoms with Gasteiger partial charge >= 0.3 is 0 Å². The van der Waals surface area contributed by atoms with Crippen molar-refractivity contribution in [2.24, 2.45) is 0 Å². The first-order valence-corrected chi connectivity index (χ1v) is 25.9. The van der Waals surface area contributed by atoms with E-state index in [0.717, 1.165) is 12.8 Å². The Morgan fingerprint density at radius 3 is 1.29 bits per heavy atom. The molecule has 2 nitrogen and oxygen atoms in total. The van der Waals surface area contributed by atoms with Crippen molar-refractivity contribution in [3.8, 4) is 22.5 Å². The van der Waals surface area contributed by atoms with Crippen LogP contribution >= 0.6 is 0 Å². The first kappa shape index (κ1) is 49.1. The van der Waals surface area contributed by atoms with E-state index in [0.29, 0.717) is 0 Å².